The molecule has 0 saturated heterocycles. The van der Waals surface area contributed by atoms with Crippen LogP contribution in [0.3, 0.4) is 0 Å². The van der Waals surface area contributed by atoms with Gasteiger partial charge in [-0.05, 0) is 44.5 Å². The van der Waals surface area contributed by atoms with Crippen molar-refractivity contribution in [3.8, 4) is 5.75 Å². The molecule has 0 unspecified atom stereocenters. The average molecular weight is 271 g/mol. The van der Waals surface area contributed by atoms with Gasteiger partial charge in [-0.3, -0.25) is 0 Å². The smallest absolute Gasteiger partial charge is 0.122 e. The van der Waals surface area contributed by atoms with Crippen LogP contribution in [-0.4, -0.2) is 32.1 Å². The summed E-state index contributed by atoms with van der Waals surface area (Å²) in [6.07, 6.45) is 2.32. The summed E-state index contributed by atoms with van der Waals surface area (Å²) in [6, 6.07) is 8.39. The molecule has 1 rings (SSSR count). The molecule has 1 aromatic rings. The zero-order chi connectivity index (χ0) is 12.7. The van der Waals surface area contributed by atoms with Gasteiger partial charge in [0.25, 0.3) is 0 Å². The number of aryl methyl sites for hydroxylation is 1. The van der Waals surface area contributed by atoms with E-state index in [-0.39, 0.29) is 12.4 Å². The van der Waals surface area contributed by atoms with E-state index in [4.69, 9.17) is 4.74 Å². The number of halogens is 1. The summed E-state index contributed by atoms with van der Waals surface area (Å²) < 4.78 is 5.84. The Labute approximate surface area is 118 Å². The van der Waals surface area contributed by atoms with Crippen molar-refractivity contribution in [3.63, 3.8) is 0 Å². The third-order valence-electron chi connectivity index (χ3n) is 2.76. The van der Waals surface area contributed by atoms with E-state index in [0.717, 1.165) is 31.2 Å². The van der Waals surface area contributed by atoms with Crippen LogP contribution in [0.1, 0.15) is 25.8 Å². The van der Waals surface area contributed by atoms with E-state index in [1.54, 1.807) is 0 Å². The lowest BCUT2D eigenvalue weighted by atomic mass is 10.0. The average Bonchev–Trinajstić information content (AvgIpc) is 2.27. The highest BCUT2D eigenvalue weighted by Crippen LogP contribution is 2.21. The van der Waals surface area contributed by atoms with Crippen molar-refractivity contribution in [2.45, 2.75) is 26.7 Å². The molecule has 0 radical (unpaired) electrons. The molecule has 0 aromatic heterocycles. The number of ether oxygens (including phenoxy) is 1. The molecule has 1 aromatic carbocycles. The molecule has 0 aliphatic carbocycles. The van der Waals surface area contributed by atoms with E-state index in [2.05, 4.69) is 51.0 Å². The Kier molecular flexibility index (Phi) is 8.86. The Hall–Kier alpha value is -0.730. The summed E-state index contributed by atoms with van der Waals surface area (Å²) in [6.45, 7) is 6.23. The van der Waals surface area contributed by atoms with E-state index in [1.807, 2.05) is 6.07 Å². The Balaban J connectivity index is 0.00000289. The number of nitrogens with zero attached hydrogens (tertiary/aromatic N) is 1. The van der Waals surface area contributed by atoms with Crippen LogP contribution < -0.4 is 17.1 Å². The van der Waals surface area contributed by atoms with E-state index in [9.17, 15) is 0 Å². The normalized spacial score (nSPS) is 10.6. The van der Waals surface area contributed by atoms with Crippen molar-refractivity contribution >= 4 is 0 Å². The van der Waals surface area contributed by atoms with Gasteiger partial charge in [-0.2, -0.15) is 0 Å². The van der Waals surface area contributed by atoms with Gasteiger partial charge in [0.05, 0.1) is 0 Å². The zero-order valence-corrected chi connectivity index (χ0v) is 12.7. The molecular formula is C15H25ClNO-. The summed E-state index contributed by atoms with van der Waals surface area (Å²) in [5, 5.41) is 0. The van der Waals surface area contributed by atoms with Crippen LogP contribution >= 0.6 is 0 Å². The van der Waals surface area contributed by atoms with E-state index < -0.39 is 0 Å². The first-order valence-corrected chi connectivity index (χ1v) is 6.45. The van der Waals surface area contributed by atoms with Crippen molar-refractivity contribution in [3.05, 3.63) is 29.8 Å². The predicted octanol–water partition coefficient (Wildman–Crippen LogP) is 0.220. The highest BCUT2D eigenvalue weighted by atomic mass is 35.5. The second-order valence-electron chi connectivity index (χ2n) is 5.19. The Bertz CT molecular complexity index is 326. The first kappa shape index (κ1) is 17.3. The quantitative estimate of drug-likeness (QED) is 0.703. The Morgan fingerprint density at radius 2 is 1.83 bits per heavy atom. The maximum atomic E-state index is 5.84. The second kappa shape index (κ2) is 9.23. The maximum absolute atomic E-state index is 5.84. The molecule has 0 aliphatic heterocycles. The number of hydrogen-bond acceptors (Lipinski definition) is 2. The van der Waals surface area contributed by atoms with Crippen molar-refractivity contribution in [1.29, 1.82) is 0 Å². The molecule has 0 saturated carbocycles. The van der Waals surface area contributed by atoms with E-state index >= 15 is 0 Å². The lowest BCUT2D eigenvalue weighted by Crippen LogP contribution is -3.00. The molecule has 0 atom stereocenters. The van der Waals surface area contributed by atoms with Crippen molar-refractivity contribution in [2.24, 2.45) is 5.92 Å². The standard InChI is InChI=1S/C15H25NO.ClH/c1-13(2)9-10-14-7-5-6-8-15(14)17-12-11-16(3)4;/h5-8,13H,9-12H2,1-4H3;1H/p-1. The lowest BCUT2D eigenvalue weighted by Gasteiger charge is -2.14. The summed E-state index contributed by atoms with van der Waals surface area (Å²) in [5.74, 6) is 1.79. The minimum atomic E-state index is 0. The second-order valence-corrected chi connectivity index (χ2v) is 5.19. The van der Waals surface area contributed by atoms with Crippen LogP contribution in [0.15, 0.2) is 24.3 Å². The molecular weight excluding hydrogens is 246 g/mol. The fourth-order valence-corrected chi connectivity index (χ4v) is 1.63. The van der Waals surface area contributed by atoms with Gasteiger partial charge in [0, 0.05) is 6.54 Å². The van der Waals surface area contributed by atoms with Gasteiger partial charge >= 0.3 is 0 Å². The molecule has 104 valence electrons. The maximum Gasteiger partial charge on any atom is 0.122 e. The zero-order valence-electron chi connectivity index (χ0n) is 11.9. The van der Waals surface area contributed by atoms with Crippen LogP contribution in [0.2, 0.25) is 0 Å². The predicted molar refractivity (Wildman–Crippen MR) is 73.7 cm³/mol. The van der Waals surface area contributed by atoms with Gasteiger partial charge in [0.2, 0.25) is 0 Å². The fourth-order valence-electron chi connectivity index (χ4n) is 1.63. The molecule has 0 aliphatic rings. The van der Waals surface area contributed by atoms with Crippen LogP contribution in [0, 0.1) is 5.92 Å². The fraction of sp³-hybridized carbons (Fsp3) is 0.600. The van der Waals surface area contributed by atoms with Crippen molar-refractivity contribution in [1.82, 2.24) is 4.90 Å². The Morgan fingerprint density at radius 3 is 2.44 bits per heavy atom. The van der Waals surface area contributed by atoms with Crippen molar-refractivity contribution in [2.75, 3.05) is 27.2 Å². The van der Waals surface area contributed by atoms with Crippen LogP contribution in [-0.2, 0) is 6.42 Å². The number of benzene rings is 1. The molecule has 2 nitrogen and oxygen atoms in total. The first-order valence-electron chi connectivity index (χ1n) is 6.45. The van der Waals surface area contributed by atoms with Gasteiger partial charge < -0.3 is 22.0 Å². The van der Waals surface area contributed by atoms with Gasteiger partial charge in [-0.15, -0.1) is 0 Å². The Morgan fingerprint density at radius 1 is 1.17 bits per heavy atom. The number of rotatable bonds is 7. The van der Waals surface area contributed by atoms with E-state index in [1.165, 1.54) is 12.0 Å². The third-order valence-corrected chi connectivity index (χ3v) is 2.76. The summed E-state index contributed by atoms with van der Waals surface area (Å²) >= 11 is 0. The van der Waals surface area contributed by atoms with Crippen molar-refractivity contribution < 1.29 is 17.1 Å². The molecule has 0 heterocycles. The minimum Gasteiger partial charge on any atom is -1.00 e. The highest BCUT2D eigenvalue weighted by Gasteiger charge is 2.04. The highest BCUT2D eigenvalue weighted by molar-refractivity contribution is 5.33. The van der Waals surface area contributed by atoms with E-state index in [0.29, 0.717) is 0 Å². The lowest BCUT2D eigenvalue weighted by molar-refractivity contribution is -0.00000440. The number of para-hydroxylation sites is 1. The molecule has 0 spiro atoms. The number of likely N-dealkylation sites (N-methyl/N-ethyl adjacent to an activating group) is 1. The molecule has 0 N–H and O–H groups in total. The monoisotopic (exact) mass is 270 g/mol. The van der Waals surface area contributed by atoms with Crippen LogP contribution in [0.4, 0.5) is 0 Å². The SMILES string of the molecule is CC(C)CCc1ccccc1OCCN(C)C.[Cl-]. The number of hydrogen-bond donors (Lipinski definition) is 0. The van der Waals surface area contributed by atoms with Crippen LogP contribution in [0.5, 0.6) is 5.75 Å². The van der Waals surface area contributed by atoms with Gasteiger partial charge in [0.15, 0.2) is 0 Å². The molecule has 0 fully saturated rings. The molecule has 0 bridgehead atoms. The summed E-state index contributed by atoms with van der Waals surface area (Å²) in [4.78, 5) is 2.14. The topological polar surface area (TPSA) is 12.5 Å². The largest absolute Gasteiger partial charge is 1.00 e. The molecule has 18 heavy (non-hydrogen) atoms. The first-order chi connectivity index (χ1) is 8.09. The van der Waals surface area contributed by atoms with Gasteiger partial charge in [-0.1, -0.05) is 32.0 Å². The summed E-state index contributed by atoms with van der Waals surface area (Å²) in [7, 11) is 4.13. The van der Waals surface area contributed by atoms with Gasteiger partial charge in [-0.25, -0.2) is 0 Å². The third kappa shape index (κ3) is 6.87. The summed E-state index contributed by atoms with van der Waals surface area (Å²) in [5.41, 5.74) is 1.33. The molecule has 0 amide bonds. The van der Waals surface area contributed by atoms with Gasteiger partial charge in [0.1, 0.15) is 12.4 Å². The van der Waals surface area contributed by atoms with Crippen LogP contribution in [0.25, 0.3) is 0 Å². The minimum absolute atomic E-state index is 0. The molecule has 3 heteroatoms.